The van der Waals surface area contributed by atoms with E-state index in [-0.39, 0.29) is 13.0 Å². The molecule has 0 aliphatic carbocycles. The Labute approximate surface area is 167 Å². The van der Waals surface area contributed by atoms with Crippen molar-refractivity contribution < 1.29 is 27.4 Å². The van der Waals surface area contributed by atoms with Gasteiger partial charge >= 0.3 is 10.3 Å². The molecule has 1 aromatic rings. The Morgan fingerprint density at radius 3 is 2.61 bits per heavy atom. The van der Waals surface area contributed by atoms with Gasteiger partial charge in [0.05, 0.1) is 6.04 Å². The average Bonchev–Trinajstić information content (AvgIpc) is 3.02. The number of hydrogen-bond donors (Lipinski definition) is 2. The van der Waals surface area contributed by atoms with Gasteiger partial charge in [-0.25, -0.2) is 4.31 Å². The zero-order chi connectivity index (χ0) is 20.5. The topological polar surface area (TPSA) is 124 Å². The van der Waals surface area contributed by atoms with Gasteiger partial charge in [0.2, 0.25) is 5.91 Å². The fourth-order valence-electron chi connectivity index (χ4n) is 3.59. The van der Waals surface area contributed by atoms with Crippen LogP contribution in [0.15, 0.2) is 30.3 Å². The van der Waals surface area contributed by atoms with E-state index >= 15 is 0 Å². The molecule has 3 rings (SSSR count). The van der Waals surface area contributed by atoms with Crippen molar-refractivity contribution in [2.45, 2.75) is 31.0 Å². The SMILES string of the molecule is CSCCC(NC(=O)c1ccccc1)C(=O)N1CCC2C1C(=O)N2S(=O)(=O)O. The van der Waals surface area contributed by atoms with Gasteiger partial charge in [0.1, 0.15) is 12.1 Å². The van der Waals surface area contributed by atoms with Gasteiger partial charge in [0, 0.05) is 12.1 Å². The summed E-state index contributed by atoms with van der Waals surface area (Å²) < 4.78 is 32.2. The van der Waals surface area contributed by atoms with E-state index in [0.29, 0.717) is 22.0 Å². The quantitative estimate of drug-likeness (QED) is 0.469. The van der Waals surface area contributed by atoms with Gasteiger partial charge in [-0.3, -0.25) is 18.9 Å². The highest BCUT2D eigenvalue weighted by Crippen LogP contribution is 2.36. The van der Waals surface area contributed by atoms with Crippen molar-refractivity contribution in [3.05, 3.63) is 35.9 Å². The van der Waals surface area contributed by atoms with Crippen molar-refractivity contribution in [2.24, 2.45) is 0 Å². The monoisotopic (exact) mass is 427 g/mol. The van der Waals surface area contributed by atoms with Crippen LogP contribution < -0.4 is 5.32 Å². The molecular formula is C17H21N3O6S2. The molecule has 2 aliphatic rings. The van der Waals surface area contributed by atoms with Crippen LogP contribution >= 0.6 is 11.8 Å². The second-order valence-corrected chi connectivity index (χ2v) is 8.89. The average molecular weight is 428 g/mol. The van der Waals surface area contributed by atoms with Crippen molar-refractivity contribution in [3.63, 3.8) is 0 Å². The lowest BCUT2D eigenvalue weighted by Crippen LogP contribution is -2.69. The van der Waals surface area contributed by atoms with Crippen molar-refractivity contribution in [1.29, 1.82) is 0 Å². The molecule has 152 valence electrons. The normalized spacial score (nSPS) is 22.4. The Hall–Kier alpha value is -2.11. The number of hydrogen-bond acceptors (Lipinski definition) is 6. The first-order chi connectivity index (χ1) is 13.3. The molecule has 28 heavy (non-hydrogen) atoms. The lowest BCUT2D eigenvalue weighted by Gasteiger charge is -2.43. The highest BCUT2D eigenvalue weighted by Gasteiger charge is 2.60. The summed E-state index contributed by atoms with van der Waals surface area (Å²) in [4.78, 5) is 39.0. The van der Waals surface area contributed by atoms with Gasteiger partial charge in [0.15, 0.2) is 0 Å². The number of fused-ring (bicyclic) bond motifs is 1. The Morgan fingerprint density at radius 2 is 2.00 bits per heavy atom. The summed E-state index contributed by atoms with van der Waals surface area (Å²) in [6.45, 7) is 0.183. The van der Waals surface area contributed by atoms with Crippen LogP contribution in [0.2, 0.25) is 0 Å². The highest BCUT2D eigenvalue weighted by molar-refractivity contribution is 7.98. The molecule has 0 bridgehead atoms. The molecule has 2 heterocycles. The van der Waals surface area contributed by atoms with Crippen LogP contribution in [0.5, 0.6) is 0 Å². The fourth-order valence-corrected chi connectivity index (χ4v) is 4.96. The summed E-state index contributed by atoms with van der Waals surface area (Å²) in [6.07, 6.45) is 2.51. The van der Waals surface area contributed by atoms with Gasteiger partial charge in [0.25, 0.3) is 11.8 Å². The summed E-state index contributed by atoms with van der Waals surface area (Å²) in [5.41, 5.74) is 0.418. The Morgan fingerprint density at radius 1 is 1.32 bits per heavy atom. The third-order valence-corrected chi connectivity index (χ3v) is 6.51. The highest BCUT2D eigenvalue weighted by atomic mass is 32.2. The standard InChI is InChI=1S/C17H21N3O6S2/c1-27-10-8-12(18-15(21)11-5-3-2-4-6-11)16(22)19-9-7-13-14(19)17(23)20(13)28(24,25)26/h2-6,12-14H,7-10H2,1H3,(H,18,21)(H,24,25,26). The molecular weight excluding hydrogens is 406 g/mol. The maximum Gasteiger partial charge on any atom is 0.362 e. The number of rotatable bonds is 7. The first kappa shape index (κ1) is 20.6. The van der Waals surface area contributed by atoms with Crippen LogP contribution in [-0.2, 0) is 19.9 Å². The van der Waals surface area contributed by atoms with Crippen molar-refractivity contribution in [2.75, 3.05) is 18.6 Å². The molecule has 3 atom stereocenters. The van der Waals surface area contributed by atoms with E-state index in [2.05, 4.69) is 5.32 Å². The molecule has 0 saturated carbocycles. The predicted octanol–water partition coefficient (Wildman–Crippen LogP) is 0.153. The third kappa shape index (κ3) is 3.87. The lowest BCUT2D eigenvalue weighted by molar-refractivity contribution is -0.152. The largest absolute Gasteiger partial charge is 0.362 e. The van der Waals surface area contributed by atoms with Crippen LogP contribution in [0.4, 0.5) is 0 Å². The summed E-state index contributed by atoms with van der Waals surface area (Å²) in [7, 11) is -4.64. The first-order valence-electron chi connectivity index (χ1n) is 8.71. The molecule has 2 aliphatic heterocycles. The van der Waals surface area contributed by atoms with E-state index in [1.807, 2.05) is 6.26 Å². The minimum atomic E-state index is -4.64. The minimum Gasteiger partial charge on any atom is -0.340 e. The Kier molecular flexibility index (Phi) is 5.96. The molecule has 11 heteroatoms. The number of nitrogens with zero attached hydrogens (tertiary/aromatic N) is 2. The zero-order valence-corrected chi connectivity index (χ0v) is 16.8. The molecule has 2 N–H and O–H groups in total. The van der Waals surface area contributed by atoms with Crippen LogP contribution in [-0.4, -0.2) is 76.6 Å². The van der Waals surface area contributed by atoms with Gasteiger partial charge in [-0.1, -0.05) is 18.2 Å². The smallest absolute Gasteiger partial charge is 0.340 e. The zero-order valence-electron chi connectivity index (χ0n) is 15.1. The number of amides is 3. The Bertz CT molecular complexity index is 876. The minimum absolute atomic E-state index is 0.183. The van der Waals surface area contributed by atoms with Crippen LogP contribution in [0, 0.1) is 0 Å². The molecule has 1 aromatic carbocycles. The third-order valence-electron chi connectivity index (χ3n) is 4.92. The first-order valence-corrected chi connectivity index (χ1v) is 11.5. The summed E-state index contributed by atoms with van der Waals surface area (Å²) in [6, 6.07) is 5.99. The number of β-lactam (4-membered cyclic amide) rings is 1. The van der Waals surface area contributed by atoms with Gasteiger partial charge < -0.3 is 10.2 Å². The van der Waals surface area contributed by atoms with E-state index in [1.54, 1.807) is 30.3 Å². The van der Waals surface area contributed by atoms with E-state index in [4.69, 9.17) is 4.55 Å². The summed E-state index contributed by atoms with van der Waals surface area (Å²) in [5.74, 6) is -1.01. The maximum absolute atomic E-state index is 13.0. The van der Waals surface area contributed by atoms with E-state index in [0.717, 1.165) is 0 Å². The summed E-state index contributed by atoms with van der Waals surface area (Å²) in [5, 5.41) is 2.72. The fraction of sp³-hybridized carbons (Fsp3) is 0.471. The number of carbonyl (C=O) groups excluding carboxylic acids is 3. The van der Waals surface area contributed by atoms with E-state index < -0.39 is 46.2 Å². The molecule has 9 nitrogen and oxygen atoms in total. The number of likely N-dealkylation sites (tertiary alicyclic amines) is 1. The number of nitrogens with one attached hydrogen (secondary N) is 1. The van der Waals surface area contributed by atoms with Crippen LogP contribution in [0.1, 0.15) is 23.2 Å². The van der Waals surface area contributed by atoms with Crippen molar-refractivity contribution >= 4 is 39.8 Å². The maximum atomic E-state index is 13.0. The molecule has 0 radical (unpaired) electrons. The van der Waals surface area contributed by atoms with E-state index in [9.17, 15) is 22.8 Å². The second kappa shape index (κ2) is 8.10. The Balaban J connectivity index is 1.74. The molecule has 2 fully saturated rings. The van der Waals surface area contributed by atoms with Gasteiger partial charge in [-0.2, -0.15) is 20.2 Å². The summed E-state index contributed by atoms with van der Waals surface area (Å²) >= 11 is 1.52. The van der Waals surface area contributed by atoms with Crippen molar-refractivity contribution in [3.8, 4) is 0 Å². The van der Waals surface area contributed by atoms with Crippen LogP contribution in [0.25, 0.3) is 0 Å². The second-order valence-electron chi connectivity index (χ2n) is 6.62. The predicted molar refractivity (Wildman–Crippen MR) is 103 cm³/mol. The number of carbonyl (C=O) groups is 3. The molecule has 3 unspecified atom stereocenters. The van der Waals surface area contributed by atoms with Gasteiger partial charge in [-0.05, 0) is 37.0 Å². The molecule has 0 spiro atoms. The van der Waals surface area contributed by atoms with Crippen molar-refractivity contribution in [1.82, 2.24) is 14.5 Å². The number of benzene rings is 1. The number of thioether (sulfide) groups is 1. The molecule has 0 aromatic heterocycles. The lowest BCUT2D eigenvalue weighted by atomic mass is 9.99. The molecule has 3 amide bonds. The van der Waals surface area contributed by atoms with E-state index in [1.165, 1.54) is 16.7 Å². The molecule has 2 saturated heterocycles. The van der Waals surface area contributed by atoms with Crippen LogP contribution in [0.3, 0.4) is 0 Å². The van der Waals surface area contributed by atoms with Gasteiger partial charge in [-0.15, -0.1) is 0 Å².